The molecule has 3 saturated heterocycles. The van der Waals surface area contributed by atoms with Gasteiger partial charge in [-0.1, -0.05) is 25.3 Å². The first-order valence-electron chi connectivity index (χ1n) is 18.0. The van der Waals surface area contributed by atoms with Gasteiger partial charge in [0.1, 0.15) is 5.75 Å². The van der Waals surface area contributed by atoms with E-state index in [1.165, 1.54) is 41.1 Å². The molecule has 3 atom stereocenters. The Morgan fingerprint density at radius 2 is 1.73 bits per heavy atom. The molecule has 49 heavy (non-hydrogen) atoms. The van der Waals surface area contributed by atoms with Gasteiger partial charge in [-0.25, -0.2) is 4.72 Å². The molecule has 3 aromatic rings. The summed E-state index contributed by atoms with van der Waals surface area (Å²) in [7, 11) is -2.19. The summed E-state index contributed by atoms with van der Waals surface area (Å²) in [6.07, 6.45) is 9.73. The highest BCUT2D eigenvalue weighted by atomic mass is 32.2. The number of piperazine rings is 1. The molecular weight excluding hydrogens is 659 g/mol. The molecule has 12 heteroatoms. The van der Waals surface area contributed by atoms with Crippen molar-refractivity contribution in [3.05, 3.63) is 53.1 Å². The van der Waals surface area contributed by atoms with Crippen molar-refractivity contribution in [3.63, 3.8) is 0 Å². The summed E-state index contributed by atoms with van der Waals surface area (Å²) >= 11 is 0. The van der Waals surface area contributed by atoms with E-state index in [0.29, 0.717) is 37.2 Å². The number of nitrogens with zero attached hydrogens (tertiary/aromatic N) is 4. The van der Waals surface area contributed by atoms with Crippen LogP contribution < -0.4 is 9.46 Å². The van der Waals surface area contributed by atoms with Gasteiger partial charge in [-0.2, -0.15) is 26.2 Å². The largest absolute Gasteiger partial charge is 0.497 e. The van der Waals surface area contributed by atoms with E-state index in [1.807, 2.05) is 18.2 Å². The minimum absolute atomic E-state index is 0. The lowest BCUT2D eigenvalue weighted by atomic mass is 9.81. The zero-order chi connectivity index (χ0) is 32.8. The van der Waals surface area contributed by atoms with Gasteiger partial charge in [0.15, 0.2) is 0 Å². The fraction of sp³-hybridized carbons (Fsp3) is 0.568. The number of carbonyl (C=O) groups is 2. The lowest BCUT2D eigenvalue weighted by Gasteiger charge is -2.39. The summed E-state index contributed by atoms with van der Waals surface area (Å²) in [6.45, 7) is 5.01. The van der Waals surface area contributed by atoms with Crippen LogP contribution in [0.15, 0.2) is 36.4 Å². The predicted octanol–water partition coefficient (Wildman–Crippen LogP) is 4.95. The summed E-state index contributed by atoms with van der Waals surface area (Å²) in [5.74, 6) is 0.875. The topological polar surface area (TPSA) is 104 Å². The first-order valence-corrected chi connectivity index (χ1v) is 19.4. The molecule has 10 nitrogen and oxygen atoms in total. The van der Waals surface area contributed by atoms with Crippen LogP contribution in [0.25, 0.3) is 22.2 Å². The number of fused-ring (bicyclic) bond motifs is 8. The van der Waals surface area contributed by atoms with E-state index in [2.05, 4.69) is 31.2 Å². The van der Waals surface area contributed by atoms with Crippen LogP contribution in [-0.4, -0.2) is 91.3 Å². The first-order chi connectivity index (χ1) is 23.3. The molecule has 1 aromatic heterocycles. The predicted molar refractivity (Wildman–Crippen MR) is 194 cm³/mol. The average Bonchev–Trinajstić information content (AvgIpc) is 3.48. The van der Waals surface area contributed by atoms with Crippen molar-refractivity contribution >= 4 is 46.4 Å². The van der Waals surface area contributed by atoms with Crippen molar-refractivity contribution in [3.8, 4) is 17.0 Å². The van der Waals surface area contributed by atoms with Crippen LogP contribution in [0, 0.1) is 5.41 Å². The van der Waals surface area contributed by atoms with E-state index >= 15 is 0 Å². The highest BCUT2D eigenvalue weighted by Gasteiger charge is 2.64. The quantitative estimate of drug-likeness (QED) is 0.390. The molecule has 2 unspecified atom stereocenters. The molecule has 2 aliphatic carbocycles. The zero-order valence-corrected chi connectivity index (χ0v) is 30.1. The highest BCUT2D eigenvalue weighted by Crippen LogP contribution is 2.66. The molecular formula is C37H47N5O5S2. The van der Waals surface area contributed by atoms with Crippen LogP contribution in [0.2, 0.25) is 0 Å². The molecule has 9 rings (SSSR count). The van der Waals surface area contributed by atoms with Gasteiger partial charge in [0.25, 0.3) is 5.91 Å². The molecule has 2 amide bonds. The molecule has 2 saturated carbocycles. The maximum Gasteiger partial charge on any atom is 0.304 e. The average molecular weight is 706 g/mol. The summed E-state index contributed by atoms with van der Waals surface area (Å²) < 4.78 is 37.4. The van der Waals surface area contributed by atoms with E-state index in [-0.39, 0.29) is 25.3 Å². The van der Waals surface area contributed by atoms with Gasteiger partial charge in [0.2, 0.25) is 5.91 Å². The van der Waals surface area contributed by atoms with Gasteiger partial charge in [-0.3, -0.25) is 14.5 Å². The zero-order valence-electron chi connectivity index (χ0n) is 28.2. The maximum absolute atomic E-state index is 14.8. The third-order valence-electron chi connectivity index (χ3n) is 12.5. The van der Waals surface area contributed by atoms with Gasteiger partial charge in [0.05, 0.1) is 18.2 Å². The van der Waals surface area contributed by atoms with E-state index in [4.69, 9.17) is 4.74 Å². The van der Waals surface area contributed by atoms with Crippen LogP contribution in [0.1, 0.15) is 91.1 Å². The molecule has 0 bridgehead atoms. The number of methoxy groups -OCH3 is 1. The van der Waals surface area contributed by atoms with Gasteiger partial charge < -0.3 is 14.2 Å². The first kappa shape index (κ1) is 33.1. The minimum Gasteiger partial charge on any atom is -0.497 e. The van der Waals surface area contributed by atoms with E-state index in [1.54, 1.807) is 13.2 Å². The van der Waals surface area contributed by atoms with E-state index < -0.39 is 21.5 Å². The summed E-state index contributed by atoms with van der Waals surface area (Å²) in [5.41, 5.74) is 5.42. The minimum atomic E-state index is -3.89. The Morgan fingerprint density at radius 3 is 2.49 bits per heavy atom. The molecule has 5 heterocycles. The number of carbonyl (C=O) groups excluding carboxylic acids is 2. The lowest BCUT2D eigenvalue weighted by molar-refractivity contribution is -0.140. The van der Waals surface area contributed by atoms with Crippen molar-refractivity contribution in [2.75, 3.05) is 46.4 Å². The summed E-state index contributed by atoms with van der Waals surface area (Å²) in [4.78, 5) is 33.0. The van der Waals surface area contributed by atoms with Crippen LogP contribution in [0.4, 0.5) is 0 Å². The fourth-order valence-electron chi connectivity index (χ4n) is 9.68. The number of benzene rings is 2. The Balaban J connectivity index is 0.00000348. The van der Waals surface area contributed by atoms with Gasteiger partial charge in [0, 0.05) is 73.3 Å². The van der Waals surface area contributed by atoms with Crippen LogP contribution >= 0.6 is 13.5 Å². The van der Waals surface area contributed by atoms with Crippen LogP contribution in [0.3, 0.4) is 0 Å². The lowest BCUT2D eigenvalue weighted by Crippen LogP contribution is -2.54. The van der Waals surface area contributed by atoms with Crippen molar-refractivity contribution in [1.29, 1.82) is 0 Å². The Hall–Kier alpha value is -3.06. The molecule has 262 valence electrons. The fourth-order valence-corrected chi connectivity index (χ4v) is 10.9. The monoisotopic (exact) mass is 705 g/mol. The SMILES string of the molecule is COc1ccc2c(c1)C1CC1(C(=O)N1CCN3CCC[C@H]3C1)Cn1c-2c(C2CCCCC2)c2ccc(C(=O)NS(=O)(=O)N3CCC3)cc21.S. The number of nitrogens with one attached hydrogen (secondary N) is 1. The molecule has 4 aliphatic heterocycles. The van der Waals surface area contributed by atoms with E-state index in [9.17, 15) is 18.0 Å². The smallest absolute Gasteiger partial charge is 0.304 e. The Kier molecular flexibility index (Phi) is 8.32. The third kappa shape index (κ3) is 5.31. The third-order valence-corrected chi connectivity index (χ3v) is 13.9. The van der Waals surface area contributed by atoms with Crippen molar-refractivity contribution < 1.29 is 22.7 Å². The van der Waals surface area contributed by atoms with E-state index in [0.717, 1.165) is 86.2 Å². The normalized spacial score (nSPS) is 26.8. The van der Waals surface area contributed by atoms with Crippen LogP contribution in [-0.2, 0) is 21.5 Å². The second-order valence-electron chi connectivity index (χ2n) is 15.1. The molecule has 1 N–H and O–H groups in total. The number of hydrogen-bond acceptors (Lipinski definition) is 6. The maximum atomic E-state index is 14.8. The van der Waals surface area contributed by atoms with Gasteiger partial charge >= 0.3 is 10.2 Å². The number of ether oxygens (including phenoxy) is 1. The number of aromatic nitrogens is 1. The summed E-state index contributed by atoms with van der Waals surface area (Å²) in [6, 6.07) is 12.5. The highest BCUT2D eigenvalue weighted by molar-refractivity contribution is 7.87. The number of hydrogen-bond donors (Lipinski definition) is 1. The molecule has 6 aliphatic rings. The number of rotatable bonds is 6. The summed E-state index contributed by atoms with van der Waals surface area (Å²) in [5, 5.41) is 1.10. The van der Waals surface area contributed by atoms with Crippen LogP contribution in [0.5, 0.6) is 5.75 Å². The Morgan fingerprint density at radius 1 is 0.918 bits per heavy atom. The molecule has 0 spiro atoms. The Bertz CT molecular complexity index is 1930. The molecule has 5 fully saturated rings. The number of amides is 2. The molecule has 2 aromatic carbocycles. The molecule has 0 radical (unpaired) electrons. The second kappa shape index (κ2) is 12.3. The van der Waals surface area contributed by atoms with Crippen molar-refractivity contribution in [2.24, 2.45) is 5.41 Å². The van der Waals surface area contributed by atoms with Gasteiger partial charge in [-0.05, 0) is 92.4 Å². The van der Waals surface area contributed by atoms with Crippen molar-refractivity contribution in [1.82, 2.24) is 23.4 Å². The van der Waals surface area contributed by atoms with Crippen molar-refractivity contribution in [2.45, 2.75) is 82.2 Å². The van der Waals surface area contributed by atoms with Gasteiger partial charge in [-0.15, -0.1) is 0 Å². The Labute approximate surface area is 295 Å². The standard InChI is InChI=1S/C37H45N5O5S.H2S/c1-47-27-11-13-28-30(20-27)31-21-37(31,36(44)40-18-17-39-14-5-9-26(39)22-40)23-42-32-19-25(35(43)38-48(45,46)41-15-6-16-41)10-12-29(32)33(34(28)42)24-7-3-2-4-8-24;/h10-13,19-20,24,26,31H,2-9,14-18,21-23H2,1H3,(H,38,43);1H2/t26-,31?,37?;/m0./s1. The second-order valence-corrected chi connectivity index (χ2v) is 16.7.